The highest BCUT2D eigenvalue weighted by Crippen LogP contribution is 2.21. The first kappa shape index (κ1) is 10.7. The number of rotatable bonds is 4. The number of ether oxygens (including phenoxy) is 2. The lowest BCUT2D eigenvalue weighted by molar-refractivity contribution is 0.0950. The van der Waals surface area contributed by atoms with Crippen LogP contribution < -0.4 is 14.8 Å². The highest BCUT2D eigenvalue weighted by Gasteiger charge is 2.24. The molecule has 1 aliphatic rings. The van der Waals surface area contributed by atoms with Crippen molar-refractivity contribution in [2.45, 2.75) is 18.9 Å². The van der Waals surface area contributed by atoms with Crippen molar-refractivity contribution in [3.05, 3.63) is 17.7 Å². The lowest BCUT2D eigenvalue weighted by atomic mass is 10.2. The average molecular weight is 222 g/mol. The third-order valence-corrected chi connectivity index (χ3v) is 2.37. The van der Waals surface area contributed by atoms with Crippen LogP contribution >= 0.6 is 0 Å². The third-order valence-electron chi connectivity index (χ3n) is 2.37. The van der Waals surface area contributed by atoms with E-state index in [2.05, 4.69) is 10.3 Å². The summed E-state index contributed by atoms with van der Waals surface area (Å²) >= 11 is 0. The van der Waals surface area contributed by atoms with Gasteiger partial charge in [0.1, 0.15) is 0 Å². The van der Waals surface area contributed by atoms with Crippen molar-refractivity contribution in [3.63, 3.8) is 0 Å². The molecule has 1 saturated carbocycles. The zero-order chi connectivity index (χ0) is 11.5. The molecule has 1 amide bonds. The number of amides is 1. The molecule has 2 rings (SSSR count). The molecule has 1 fully saturated rings. The number of aromatic nitrogens is 1. The Hall–Kier alpha value is -1.78. The number of nitrogens with one attached hydrogen (secondary N) is 1. The Morgan fingerprint density at radius 1 is 1.31 bits per heavy atom. The summed E-state index contributed by atoms with van der Waals surface area (Å²) in [7, 11) is 3.01. The van der Waals surface area contributed by atoms with Crippen molar-refractivity contribution in [2.75, 3.05) is 14.2 Å². The molecule has 0 aromatic carbocycles. The maximum atomic E-state index is 11.8. The van der Waals surface area contributed by atoms with E-state index in [1.54, 1.807) is 12.1 Å². The number of pyridine rings is 1. The fraction of sp³-hybridized carbons (Fsp3) is 0.455. The number of methoxy groups -OCH3 is 2. The average Bonchev–Trinajstić information content (AvgIpc) is 3.12. The molecule has 0 radical (unpaired) electrons. The van der Waals surface area contributed by atoms with Gasteiger partial charge in [0.25, 0.3) is 5.91 Å². The van der Waals surface area contributed by atoms with Crippen LogP contribution in [0.3, 0.4) is 0 Å². The number of hydrogen-bond donors (Lipinski definition) is 1. The normalized spacial score (nSPS) is 14.4. The summed E-state index contributed by atoms with van der Waals surface area (Å²) in [5, 5.41) is 2.89. The summed E-state index contributed by atoms with van der Waals surface area (Å²) in [6.07, 6.45) is 2.12. The van der Waals surface area contributed by atoms with E-state index in [4.69, 9.17) is 9.47 Å². The predicted octanol–water partition coefficient (Wildman–Crippen LogP) is 0.991. The van der Waals surface area contributed by atoms with Crippen LogP contribution in [0.15, 0.2) is 12.1 Å². The van der Waals surface area contributed by atoms with Crippen LogP contribution in [-0.2, 0) is 0 Å². The van der Waals surface area contributed by atoms with Gasteiger partial charge in [-0.1, -0.05) is 0 Å². The topological polar surface area (TPSA) is 60.5 Å². The molecule has 86 valence electrons. The van der Waals surface area contributed by atoms with Gasteiger partial charge in [0.2, 0.25) is 11.8 Å². The van der Waals surface area contributed by atoms with Gasteiger partial charge in [0.05, 0.1) is 19.8 Å². The van der Waals surface area contributed by atoms with Crippen molar-refractivity contribution < 1.29 is 14.3 Å². The minimum absolute atomic E-state index is 0.110. The summed E-state index contributed by atoms with van der Waals surface area (Å²) in [6, 6.07) is 3.53. The van der Waals surface area contributed by atoms with Gasteiger partial charge in [0, 0.05) is 18.2 Å². The molecule has 0 aliphatic heterocycles. The van der Waals surface area contributed by atoms with Crippen molar-refractivity contribution in [3.8, 4) is 11.8 Å². The van der Waals surface area contributed by atoms with Gasteiger partial charge in [-0.15, -0.1) is 0 Å². The Kier molecular flexibility index (Phi) is 2.94. The second-order valence-corrected chi connectivity index (χ2v) is 3.69. The second-order valence-electron chi connectivity index (χ2n) is 3.69. The molecule has 1 aliphatic carbocycles. The maximum Gasteiger partial charge on any atom is 0.251 e. The number of nitrogens with zero attached hydrogens (tertiary/aromatic N) is 1. The third kappa shape index (κ3) is 2.42. The van der Waals surface area contributed by atoms with Crippen molar-refractivity contribution >= 4 is 5.91 Å². The molecule has 1 N–H and O–H groups in total. The molecule has 5 nitrogen and oxygen atoms in total. The molecular formula is C11H14N2O3. The summed E-state index contributed by atoms with van der Waals surface area (Å²) in [6.45, 7) is 0. The fourth-order valence-electron chi connectivity index (χ4n) is 1.32. The van der Waals surface area contributed by atoms with Crippen molar-refractivity contribution in [1.29, 1.82) is 0 Å². The Morgan fingerprint density at radius 3 is 2.31 bits per heavy atom. The van der Waals surface area contributed by atoms with E-state index in [0.29, 0.717) is 23.4 Å². The van der Waals surface area contributed by atoms with Crippen molar-refractivity contribution in [1.82, 2.24) is 10.3 Å². The lowest BCUT2D eigenvalue weighted by Gasteiger charge is -2.07. The SMILES string of the molecule is COc1cc(C(=O)NC2CC2)cc(OC)n1. The van der Waals surface area contributed by atoms with Gasteiger partial charge in [-0.25, -0.2) is 0 Å². The summed E-state index contributed by atoms with van der Waals surface area (Å²) in [4.78, 5) is 15.8. The number of carbonyl (C=O) groups is 1. The zero-order valence-electron chi connectivity index (χ0n) is 9.32. The molecule has 0 bridgehead atoms. The minimum atomic E-state index is -0.110. The van der Waals surface area contributed by atoms with E-state index in [0.717, 1.165) is 12.8 Å². The first-order valence-corrected chi connectivity index (χ1v) is 5.14. The van der Waals surface area contributed by atoms with Crippen LogP contribution in [0.4, 0.5) is 0 Å². The van der Waals surface area contributed by atoms with Crippen LogP contribution in [0, 0.1) is 0 Å². The molecule has 0 spiro atoms. The van der Waals surface area contributed by atoms with Crippen LogP contribution in [-0.4, -0.2) is 31.2 Å². The van der Waals surface area contributed by atoms with E-state index < -0.39 is 0 Å². The Bertz CT molecular complexity index is 380. The molecule has 1 aromatic rings. The van der Waals surface area contributed by atoms with Gasteiger partial charge in [-0.05, 0) is 12.8 Å². The van der Waals surface area contributed by atoms with Gasteiger partial charge in [0.15, 0.2) is 0 Å². The monoisotopic (exact) mass is 222 g/mol. The molecule has 1 heterocycles. The van der Waals surface area contributed by atoms with E-state index in [9.17, 15) is 4.79 Å². The standard InChI is InChI=1S/C11H14N2O3/c1-15-9-5-7(6-10(13-9)16-2)11(14)12-8-3-4-8/h5-6,8H,3-4H2,1-2H3,(H,12,14). The fourth-order valence-corrected chi connectivity index (χ4v) is 1.32. The smallest absolute Gasteiger partial charge is 0.251 e. The van der Waals surface area contributed by atoms with Crippen LogP contribution in [0.1, 0.15) is 23.2 Å². The van der Waals surface area contributed by atoms with E-state index in [1.807, 2.05) is 0 Å². The molecule has 1 aromatic heterocycles. The molecule has 0 atom stereocenters. The van der Waals surface area contributed by atoms with Gasteiger partial charge >= 0.3 is 0 Å². The predicted molar refractivity (Wildman–Crippen MR) is 57.8 cm³/mol. The Balaban J connectivity index is 2.20. The van der Waals surface area contributed by atoms with E-state index >= 15 is 0 Å². The van der Waals surface area contributed by atoms with E-state index in [-0.39, 0.29) is 5.91 Å². The Labute approximate surface area is 93.8 Å². The summed E-state index contributed by atoms with van der Waals surface area (Å²) in [5.41, 5.74) is 0.510. The number of carbonyl (C=O) groups excluding carboxylic acids is 1. The van der Waals surface area contributed by atoms with E-state index in [1.165, 1.54) is 14.2 Å². The Morgan fingerprint density at radius 2 is 1.88 bits per heavy atom. The number of hydrogen-bond acceptors (Lipinski definition) is 4. The maximum absolute atomic E-state index is 11.8. The van der Waals surface area contributed by atoms with Crippen molar-refractivity contribution in [2.24, 2.45) is 0 Å². The molecule has 16 heavy (non-hydrogen) atoms. The van der Waals surface area contributed by atoms with Gasteiger partial charge < -0.3 is 14.8 Å². The largest absolute Gasteiger partial charge is 0.481 e. The van der Waals surface area contributed by atoms with Gasteiger partial charge in [-0.3, -0.25) is 4.79 Å². The highest BCUT2D eigenvalue weighted by atomic mass is 16.5. The summed E-state index contributed by atoms with van der Waals surface area (Å²) < 4.78 is 9.99. The molecular weight excluding hydrogens is 208 g/mol. The van der Waals surface area contributed by atoms with Crippen LogP contribution in [0.5, 0.6) is 11.8 Å². The molecule has 5 heteroatoms. The zero-order valence-corrected chi connectivity index (χ0v) is 9.32. The van der Waals surface area contributed by atoms with Crippen LogP contribution in [0.25, 0.3) is 0 Å². The van der Waals surface area contributed by atoms with Crippen LogP contribution in [0.2, 0.25) is 0 Å². The lowest BCUT2D eigenvalue weighted by Crippen LogP contribution is -2.25. The quantitative estimate of drug-likeness (QED) is 0.825. The highest BCUT2D eigenvalue weighted by molar-refractivity contribution is 5.95. The summed E-state index contributed by atoms with van der Waals surface area (Å²) in [5.74, 6) is 0.641. The first-order valence-electron chi connectivity index (χ1n) is 5.14. The molecule has 0 unspecified atom stereocenters. The second kappa shape index (κ2) is 4.38. The minimum Gasteiger partial charge on any atom is -0.481 e. The first-order chi connectivity index (χ1) is 7.72. The molecule has 0 saturated heterocycles. The van der Waals surface area contributed by atoms with Gasteiger partial charge in [-0.2, -0.15) is 4.98 Å².